The molecule has 0 radical (unpaired) electrons. The highest BCUT2D eigenvalue weighted by Crippen LogP contribution is 2.31. The molecule has 2 fully saturated rings. The summed E-state index contributed by atoms with van der Waals surface area (Å²) < 4.78 is 77.7. The van der Waals surface area contributed by atoms with E-state index in [0.717, 1.165) is 45.7 Å². The van der Waals surface area contributed by atoms with Gasteiger partial charge >= 0.3 is 24.3 Å². The first-order chi connectivity index (χ1) is 18.3. The SMILES string of the molecule is O=C(O)C(F)(F)F.O=C(O)C(F)(F)F.c1cnn(CCCO[C@@H]2CN(Cc3ccncc3)[C@@H]3CCCO[C@@H]32)c1. The Morgan fingerprint density at radius 2 is 1.67 bits per heavy atom. The standard InChI is InChI=1S/C19H26N4O2.2C2HF3O2/c1-4-17-19(25-12-1)18(24-13-3-11-23-10-2-7-21-23)15-22(17)14-16-5-8-20-9-6-16;2*3-2(4,5)1(6)7/h2,5-10,17-19H,1,3-4,11-15H2;2*(H,6,7)/t17-,18-,19+;;/m1../s1. The van der Waals surface area contributed by atoms with Crippen LogP contribution in [0, 0.1) is 0 Å². The van der Waals surface area contributed by atoms with Crippen molar-refractivity contribution in [3.8, 4) is 0 Å². The minimum absolute atomic E-state index is 0.171. The van der Waals surface area contributed by atoms with Gasteiger partial charge in [-0.3, -0.25) is 14.6 Å². The number of ether oxygens (including phenoxy) is 2. The highest BCUT2D eigenvalue weighted by Gasteiger charge is 2.44. The van der Waals surface area contributed by atoms with Gasteiger partial charge in [0.1, 0.15) is 6.10 Å². The number of halogens is 6. The van der Waals surface area contributed by atoms with Gasteiger partial charge in [-0.2, -0.15) is 31.4 Å². The van der Waals surface area contributed by atoms with Gasteiger partial charge in [-0.25, -0.2) is 9.59 Å². The van der Waals surface area contributed by atoms with E-state index in [9.17, 15) is 26.3 Å². The van der Waals surface area contributed by atoms with Crippen LogP contribution in [0.15, 0.2) is 43.0 Å². The summed E-state index contributed by atoms with van der Waals surface area (Å²) in [5.74, 6) is -5.51. The van der Waals surface area contributed by atoms with Gasteiger partial charge in [0, 0.05) is 63.7 Å². The number of rotatable bonds is 7. The minimum Gasteiger partial charge on any atom is -0.475 e. The Hall–Kier alpha value is -3.24. The zero-order valence-corrected chi connectivity index (χ0v) is 20.5. The second-order valence-electron chi connectivity index (χ2n) is 8.47. The fraction of sp³-hybridized carbons (Fsp3) is 0.565. The average Bonchev–Trinajstić information content (AvgIpc) is 3.51. The maximum Gasteiger partial charge on any atom is 0.490 e. The topological polar surface area (TPSA) is 127 Å². The number of aromatic nitrogens is 3. The molecular weight excluding hydrogens is 542 g/mol. The molecule has 2 aliphatic rings. The number of carboxylic acid groups (broad SMARTS) is 2. The average molecular weight is 570 g/mol. The molecule has 0 aromatic carbocycles. The quantitative estimate of drug-likeness (QED) is 0.381. The number of aryl methyl sites for hydroxylation is 1. The molecule has 2 saturated heterocycles. The second-order valence-corrected chi connectivity index (χ2v) is 8.47. The molecule has 2 aliphatic heterocycles. The predicted molar refractivity (Wildman–Crippen MR) is 121 cm³/mol. The van der Waals surface area contributed by atoms with Crippen LogP contribution in [0.1, 0.15) is 24.8 Å². The van der Waals surface area contributed by atoms with E-state index in [2.05, 4.69) is 27.1 Å². The normalized spacial score (nSPS) is 21.1. The Labute approximate surface area is 219 Å². The predicted octanol–water partition coefficient (Wildman–Crippen LogP) is 3.38. The molecule has 10 nitrogen and oxygen atoms in total. The molecule has 0 unspecified atom stereocenters. The molecule has 0 bridgehead atoms. The monoisotopic (exact) mass is 570 g/mol. The second kappa shape index (κ2) is 14.8. The number of pyridine rings is 1. The van der Waals surface area contributed by atoms with Crippen LogP contribution in [-0.2, 0) is 32.2 Å². The molecule has 3 atom stereocenters. The summed E-state index contributed by atoms with van der Waals surface area (Å²) in [5, 5.41) is 18.5. The van der Waals surface area contributed by atoms with E-state index >= 15 is 0 Å². The van der Waals surface area contributed by atoms with Crippen LogP contribution in [-0.4, -0.2) is 92.2 Å². The van der Waals surface area contributed by atoms with E-state index < -0.39 is 24.3 Å². The molecule has 218 valence electrons. The Morgan fingerprint density at radius 1 is 1.05 bits per heavy atom. The van der Waals surface area contributed by atoms with Crippen LogP contribution >= 0.6 is 0 Å². The van der Waals surface area contributed by atoms with E-state index in [0.29, 0.717) is 6.04 Å². The number of hydrogen-bond acceptors (Lipinski definition) is 7. The molecule has 0 aliphatic carbocycles. The summed E-state index contributed by atoms with van der Waals surface area (Å²) in [6.45, 7) is 4.40. The van der Waals surface area contributed by atoms with Crippen molar-refractivity contribution in [2.75, 3.05) is 19.8 Å². The van der Waals surface area contributed by atoms with Gasteiger partial charge in [0.05, 0.1) is 6.10 Å². The summed E-state index contributed by atoms with van der Waals surface area (Å²) in [7, 11) is 0. The van der Waals surface area contributed by atoms with E-state index in [1.54, 1.807) is 0 Å². The van der Waals surface area contributed by atoms with Crippen LogP contribution < -0.4 is 0 Å². The summed E-state index contributed by atoms with van der Waals surface area (Å²) >= 11 is 0. The first kappa shape index (κ1) is 32.0. The third-order valence-electron chi connectivity index (χ3n) is 5.63. The number of carboxylic acids is 2. The molecule has 2 aromatic rings. The molecule has 0 saturated carbocycles. The van der Waals surface area contributed by atoms with Crippen molar-refractivity contribution in [2.24, 2.45) is 0 Å². The van der Waals surface area contributed by atoms with Gasteiger partial charge in [0.2, 0.25) is 0 Å². The van der Waals surface area contributed by atoms with Gasteiger partial charge < -0.3 is 19.7 Å². The van der Waals surface area contributed by atoms with Gasteiger partial charge in [-0.1, -0.05) is 0 Å². The van der Waals surface area contributed by atoms with E-state index in [-0.39, 0.29) is 12.2 Å². The summed E-state index contributed by atoms with van der Waals surface area (Å²) in [5.41, 5.74) is 1.30. The molecule has 4 rings (SSSR count). The molecule has 0 amide bonds. The van der Waals surface area contributed by atoms with Gasteiger partial charge in [0.25, 0.3) is 0 Å². The van der Waals surface area contributed by atoms with Gasteiger partial charge in [-0.15, -0.1) is 0 Å². The molecule has 2 aromatic heterocycles. The minimum atomic E-state index is -5.08. The molecule has 4 heterocycles. The Balaban J connectivity index is 0.000000317. The third-order valence-corrected chi connectivity index (χ3v) is 5.63. The lowest BCUT2D eigenvalue weighted by Gasteiger charge is -2.32. The first-order valence-electron chi connectivity index (χ1n) is 11.7. The van der Waals surface area contributed by atoms with Crippen LogP contribution in [0.25, 0.3) is 0 Å². The fourth-order valence-electron chi connectivity index (χ4n) is 3.95. The van der Waals surface area contributed by atoms with Crippen molar-refractivity contribution in [3.63, 3.8) is 0 Å². The van der Waals surface area contributed by atoms with Crippen molar-refractivity contribution < 1.29 is 55.6 Å². The number of nitrogens with zero attached hydrogens (tertiary/aromatic N) is 4. The maximum absolute atomic E-state index is 10.6. The van der Waals surface area contributed by atoms with Crippen molar-refractivity contribution in [1.82, 2.24) is 19.7 Å². The molecule has 39 heavy (non-hydrogen) atoms. The maximum atomic E-state index is 10.6. The lowest BCUT2D eigenvalue weighted by atomic mass is 10.0. The Kier molecular flexibility index (Phi) is 12.1. The Morgan fingerprint density at radius 3 is 2.21 bits per heavy atom. The largest absolute Gasteiger partial charge is 0.490 e. The number of likely N-dealkylation sites (tertiary alicyclic amines) is 1. The lowest BCUT2D eigenvalue weighted by molar-refractivity contribution is -0.193. The number of fused-ring (bicyclic) bond motifs is 1. The number of hydrogen-bond donors (Lipinski definition) is 2. The summed E-state index contributed by atoms with van der Waals surface area (Å²) in [4.78, 5) is 24.4. The highest BCUT2D eigenvalue weighted by molar-refractivity contribution is 5.73. The van der Waals surface area contributed by atoms with E-state index in [1.807, 2.05) is 35.5 Å². The number of carbonyl (C=O) groups is 2. The zero-order chi connectivity index (χ0) is 29.1. The smallest absolute Gasteiger partial charge is 0.475 e. The first-order valence-corrected chi connectivity index (χ1v) is 11.7. The van der Waals surface area contributed by atoms with E-state index in [1.165, 1.54) is 12.0 Å². The molecule has 16 heteroatoms. The number of aliphatic carboxylic acids is 2. The van der Waals surface area contributed by atoms with Crippen molar-refractivity contribution >= 4 is 11.9 Å². The molecule has 0 spiro atoms. The van der Waals surface area contributed by atoms with Crippen LogP contribution in [0.2, 0.25) is 0 Å². The van der Waals surface area contributed by atoms with Crippen molar-refractivity contribution in [3.05, 3.63) is 48.5 Å². The van der Waals surface area contributed by atoms with Crippen LogP contribution in [0.5, 0.6) is 0 Å². The Bertz CT molecular complexity index is 983. The van der Waals surface area contributed by atoms with Gasteiger partial charge in [-0.05, 0) is 43.0 Å². The molecule has 2 N–H and O–H groups in total. The van der Waals surface area contributed by atoms with Gasteiger partial charge in [0.15, 0.2) is 0 Å². The summed E-state index contributed by atoms with van der Waals surface area (Å²) in [6, 6.07) is 6.61. The number of alkyl halides is 6. The lowest BCUT2D eigenvalue weighted by Crippen LogP contribution is -2.41. The summed E-state index contributed by atoms with van der Waals surface area (Å²) in [6.07, 6.45) is 1.06. The molecular formula is C23H28F6N4O6. The van der Waals surface area contributed by atoms with Crippen LogP contribution in [0.3, 0.4) is 0 Å². The van der Waals surface area contributed by atoms with Crippen LogP contribution in [0.4, 0.5) is 26.3 Å². The van der Waals surface area contributed by atoms with Crippen molar-refractivity contribution in [2.45, 2.75) is 63.0 Å². The van der Waals surface area contributed by atoms with Crippen molar-refractivity contribution in [1.29, 1.82) is 0 Å². The highest BCUT2D eigenvalue weighted by atomic mass is 19.4. The fourth-order valence-corrected chi connectivity index (χ4v) is 3.95. The third kappa shape index (κ3) is 11.2. The zero-order valence-electron chi connectivity index (χ0n) is 20.5. The van der Waals surface area contributed by atoms with E-state index in [4.69, 9.17) is 29.3 Å².